The third-order valence-corrected chi connectivity index (χ3v) is 2.81. The molecule has 0 rings (SSSR count). The molecule has 4 heteroatoms. The summed E-state index contributed by atoms with van der Waals surface area (Å²) >= 11 is 0. The normalized spacial score (nSPS) is 9.05. The maximum atomic E-state index is 10.2. The van der Waals surface area contributed by atoms with Gasteiger partial charge in [-0.2, -0.15) is 8.42 Å². The highest BCUT2D eigenvalue weighted by atomic mass is 32.2. The molecule has 0 radical (unpaired) electrons. The Bertz CT molecular complexity index is 197. The van der Waals surface area contributed by atoms with Gasteiger partial charge >= 0.3 is 0 Å². The topological polar surface area (TPSA) is 54.4 Å². The Morgan fingerprint density at radius 3 is 1.32 bits per heavy atom. The molecule has 0 heterocycles. The van der Waals surface area contributed by atoms with Crippen LogP contribution < -0.4 is 0 Å². The lowest BCUT2D eigenvalue weighted by molar-refractivity contribution is 0.479. The number of hydrogen-bond acceptors (Lipinski definition) is 2. The molecule has 3 nitrogen and oxygen atoms in total. The van der Waals surface area contributed by atoms with Gasteiger partial charge < -0.3 is 0 Å². The molecule has 0 aliphatic rings. The van der Waals surface area contributed by atoms with Crippen LogP contribution in [0.4, 0.5) is 0 Å². The van der Waals surface area contributed by atoms with Gasteiger partial charge in [-0.1, -0.05) is 87.0 Å². The van der Waals surface area contributed by atoms with Gasteiger partial charge in [0, 0.05) is 0 Å². The van der Waals surface area contributed by atoms with Crippen molar-refractivity contribution in [3.63, 3.8) is 0 Å². The van der Waals surface area contributed by atoms with Crippen molar-refractivity contribution in [2.24, 2.45) is 0 Å². The second-order valence-corrected chi connectivity index (χ2v) is 5.27. The predicted octanol–water partition coefficient (Wildman–Crippen LogP) is 5.70. The van der Waals surface area contributed by atoms with Gasteiger partial charge in [-0.3, -0.25) is 4.55 Å². The maximum Gasteiger partial charge on any atom is 0.264 e. The Kier molecular flexibility index (Phi) is 38.0. The Labute approximate surface area is 122 Å². The lowest BCUT2D eigenvalue weighted by atomic mass is 10.2. The molecule has 0 aromatic heterocycles. The van der Waals surface area contributed by atoms with Crippen LogP contribution in [0.2, 0.25) is 0 Å². The fourth-order valence-electron chi connectivity index (χ4n) is 0.888. The van der Waals surface area contributed by atoms with Crippen molar-refractivity contribution < 1.29 is 13.0 Å². The van der Waals surface area contributed by atoms with Crippen molar-refractivity contribution in [2.45, 2.75) is 93.4 Å². The molecule has 1 N–H and O–H groups in total. The van der Waals surface area contributed by atoms with E-state index in [0.717, 1.165) is 25.7 Å². The molecule has 0 atom stereocenters. The van der Waals surface area contributed by atoms with Crippen LogP contribution in [-0.4, -0.2) is 18.7 Å². The SMILES string of the molecule is CC.CC.CCCC.CCCCCCCS(=O)(=O)O. The summed E-state index contributed by atoms with van der Waals surface area (Å²) in [5.74, 6) is -0.0866. The molecule has 0 aliphatic carbocycles. The van der Waals surface area contributed by atoms with Crippen LogP contribution in [0.25, 0.3) is 0 Å². The van der Waals surface area contributed by atoms with E-state index < -0.39 is 10.1 Å². The summed E-state index contributed by atoms with van der Waals surface area (Å²) in [5, 5.41) is 0. The summed E-state index contributed by atoms with van der Waals surface area (Å²) in [4.78, 5) is 0. The fourth-order valence-corrected chi connectivity index (χ4v) is 1.46. The van der Waals surface area contributed by atoms with E-state index in [1.54, 1.807) is 0 Å². The molecular weight excluding hydrogens is 260 g/mol. The summed E-state index contributed by atoms with van der Waals surface area (Å²) in [7, 11) is -3.71. The Hall–Kier alpha value is -0.0900. The van der Waals surface area contributed by atoms with Gasteiger partial charge in [0.2, 0.25) is 0 Å². The largest absolute Gasteiger partial charge is 0.286 e. The van der Waals surface area contributed by atoms with Gasteiger partial charge in [0.1, 0.15) is 0 Å². The molecule has 0 fully saturated rings. The molecule has 0 saturated carbocycles. The van der Waals surface area contributed by atoms with Crippen molar-refractivity contribution in [2.75, 3.05) is 5.75 Å². The highest BCUT2D eigenvalue weighted by molar-refractivity contribution is 7.85. The first-order valence-electron chi connectivity index (χ1n) is 7.93. The van der Waals surface area contributed by atoms with Crippen LogP contribution in [0.15, 0.2) is 0 Å². The van der Waals surface area contributed by atoms with E-state index in [0.29, 0.717) is 6.42 Å². The minimum Gasteiger partial charge on any atom is -0.286 e. The van der Waals surface area contributed by atoms with Crippen LogP contribution in [0, 0.1) is 0 Å². The maximum absolute atomic E-state index is 10.2. The van der Waals surface area contributed by atoms with Crippen molar-refractivity contribution in [3.05, 3.63) is 0 Å². The second-order valence-electron chi connectivity index (χ2n) is 3.70. The minimum atomic E-state index is -3.71. The zero-order chi connectivity index (χ0) is 16.2. The van der Waals surface area contributed by atoms with Gasteiger partial charge in [-0.05, 0) is 6.42 Å². The summed E-state index contributed by atoms with van der Waals surface area (Å²) < 4.78 is 28.8. The predicted molar refractivity (Wildman–Crippen MR) is 88.5 cm³/mol. The molecule has 0 amide bonds. The summed E-state index contributed by atoms with van der Waals surface area (Å²) in [6.45, 7) is 14.5. The van der Waals surface area contributed by atoms with E-state index in [1.165, 1.54) is 12.8 Å². The van der Waals surface area contributed by atoms with Crippen LogP contribution in [0.5, 0.6) is 0 Å². The first-order valence-corrected chi connectivity index (χ1v) is 9.54. The highest BCUT2D eigenvalue weighted by Gasteiger charge is 2.02. The third-order valence-electron chi connectivity index (χ3n) is 2.01. The smallest absolute Gasteiger partial charge is 0.264 e. The summed E-state index contributed by atoms with van der Waals surface area (Å²) in [5.41, 5.74) is 0. The zero-order valence-corrected chi connectivity index (χ0v) is 15.1. The highest BCUT2D eigenvalue weighted by Crippen LogP contribution is 2.03. The van der Waals surface area contributed by atoms with Crippen LogP contribution in [0.1, 0.15) is 93.4 Å². The Morgan fingerprint density at radius 1 is 0.684 bits per heavy atom. The molecule has 0 aromatic rings. The molecule has 0 saturated heterocycles. The third kappa shape index (κ3) is 57.1. The molecule has 0 aliphatic heterocycles. The van der Waals surface area contributed by atoms with E-state index in [-0.39, 0.29) is 5.75 Å². The lowest BCUT2D eigenvalue weighted by Crippen LogP contribution is -2.03. The minimum absolute atomic E-state index is 0.0866. The van der Waals surface area contributed by atoms with Crippen LogP contribution in [0.3, 0.4) is 0 Å². The first-order chi connectivity index (χ1) is 8.97. The van der Waals surface area contributed by atoms with Crippen molar-refractivity contribution in [1.29, 1.82) is 0 Å². The quantitative estimate of drug-likeness (QED) is 0.484. The average molecular weight is 299 g/mol. The van der Waals surface area contributed by atoms with Crippen LogP contribution in [-0.2, 0) is 10.1 Å². The molecule has 0 bridgehead atoms. The Balaban J connectivity index is -0.000000118. The molecule has 0 spiro atoms. The van der Waals surface area contributed by atoms with Crippen LogP contribution >= 0.6 is 0 Å². The molecule has 19 heavy (non-hydrogen) atoms. The van der Waals surface area contributed by atoms with Gasteiger partial charge in [-0.25, -0.2) is 0 Å². The standard InChI is InChI=1S/C7H16O3S.C4H10.2C2H6/c1-2-3-4-5-6-7-11(8,9)10;1-3-4-2;2*1-2/h2-7H2,1H3,(H,8,9,10);3-4H2,1-2H3;2*1-2H3. The second kappa shape index (κ2) is 26.5. The average Bonchev–Trinajstić information content (AvgIpc) is 2.42. The molecule has 0 aromatic carbocycles. The molecular formula is C15H38O3S. The Morgan fingerprint density at radius 2 is 1.05 bits per heavy atom. The number of hydrogen-bond donors (Lipinski definition) is 1. The summed E-state index contributed by atoms with van der Waals surface area (Å²) in [6.07, 6.45) is 7.47. The van der Waals surface area contributed by atoms with Crippen molar-refractivity contribution in [1.82, 2.24) is 0 Å². The summed E-state index contributed by atoms with van der Waals surface area (Å²) in [6, 6.07) is 0. The molecule has 122 valence electrons. The van der Waals surface area contributed by atoms with Gasteiger partial charge in [0.05, 0.1) is 5.75 Å². The van der Waals surface area contributed by atoms with E-state index in [2.05, 4.69) is 20.8 Å². The van der Waals surface area contributed by atoms with E-state index >= 15 is 0 Å². The number of unbranched alkanes of at least 4 members (excludes halogenated alkanes) is 5. The van der Waals surface area contributed by atoms with E-state index in [4.69, 9.17) is 4.55 Å². The zero-order valence-electron chi connectivity index (χ0n) is 14.3. The lowest BCUT2D eigenvalue weighted by Gasteiger charge is -1.96. The fraction of sp³-hybridized carbons (Fsp3) is 1.00. The molecule has 0 unspecified atom stereocenters. The van der Waals surface area contributed by atoms with Crippen molar-refractivity contribution >= 4 is 10.1 Å². The monoisotopic (exact) mass is 298 g/mol. The van der Waals surface area contributed by atoms with Gasteiger partial charge in [0.25, 0.3) is 10.1 Å². The first kappa shape index (κ1) is 27.3. The van der Waals surface area contributed by atoms with Gasteiger partial charge in [0.15, 0.2) is 0 Å². The van der Waals surface area contributed by atoms with E-state index in [1.807, 2.05) is 27.7 Å². The van der Waals surface area contributed by atoms with Crippen molar-refractivity contribution in [3.8, 4) is 0 Å². The van der Waals surface area contributed by atoms with Gasteiger partial charge in [-0.15, -0.1) is 0 Å². The number of rotatable bonds is 7. The van der Waals surface area contributed by atoms with E-state index in [9.17, 15) is 8.42 Å².